The molecule has 0 saturated heterocycles. The second-order valence-electron chi connectivity index (χ2n) is 6.91. The first-order valence-electron chi connectivity index (χ1n) is 9.35. The molecule has 2 N–H and O–H groups in total. The van der Waals surface area contributed by atoms with Gasteiger partial charge in [-0.2, -0.15) is 4.40 Å². The van der Waals surface area contributed by atoms with Gasteiger partial charge in [-0.25, -0.2) is 14.3 Å². The van der Waals surface area contributed by atoms with Gasteiger partial charge in [-0.15, -0.1) is 0 Å². The maximum atomic E-state index is 13.4. The Bertz CT molecular complexity index is 1300. The Kier molecular flexibility index (Phi) is 5.25. The fourth-order valence-corrected chi connectivity index (χ4v) is 3.50. The van der Waals surface area contributed by atoms with E-state index in [9.17, 15) is 9.90 Å². The van der Waals surface area contributed by atoms with Gasteiger partial charge in [0.25, 0.3) is 5.65 Å². The molecule has 0 radical (unpaired) electrons. The van der Waals surface area contributed by atoms with Crippen molar-refractivity contribution in [2.45, 2.75) is 13.0 Å². The molecule has 0 spiro atoms. The summed E-state index contributed by atoms with van der Waals surface area (Å²) < 4.78 is 3.10. The summed E-state index contributed by atoms with van der Waals surface area (Å²) in [5.41, 5.74) is 8.66. The van der Waals surface area contributed by atoms with Crippen LogP contribution in [-0.4, -0.2) is 9.38 Å². The normalized spacial score (nSPS) is 11.0. The average molecular weight is 419 g/mol. The summed E-state index contributed by atoms with van der Waals surface area (Å²) in [6.45, 7) is 4.10. The molecule has 0 amide bonds. The molecule has 0 fully saturated rings. The Hall–Kier alpha value is -3.64. The maximum absolute atomic E-state index is 13.4. The van der Waals surface area contributed by atoms with Crippen LogP contribution in [0.2, 0.25) is 5.15 Å². The number of hydrogen-bond acceptors (Lipinski definition) is 4. The van der Waals surface area contributed by atoms with Crippen LogP contribution < -0.4 is 21.0 Å². The molecule has 150 valence electrons. The standard InChI is InChI=1S/C23H19ClN4O2/c1-15(25)17-6-8-18(9-7-17)21-22(29)27-12-3-2-4-20(27)28(23(21)30)13-11-16-5-10-19(24)26-14-16/h2-10,12,14H,1,11,13,25H2. The fraction of sp³-hybridized carbons (Fsp3) is 0.0870. The quantitative estimate of drug-likeness (QED) is 0.398. The number of fused-ring (bicyclic) bond motifs is 1. The molecule has 1 aromatic carbocycles. The van der Waals surface area contributed by atoms with E-state index in [0.717, 1.165) is 11.1 Å². The lowest BCUT2D eigenvalue weighted by Crippen LogP contribution is -2.44. The van der Waals surface area contributed by atoms with E-state index in [1.54, 1.807) is 65.5 Å². The third-order valence-corrected chi connectivity index (χ3v) is 5.19. The van der Waals surface area contributed by atoms with E-state index in [-0.39, 0.29) is 17.0 Å². The highest BCUT2D eigenvalue weighted by Gasteiger charge is 2.19. The summed E-state index contributed by atoms with van der Waals surface area (Å²) in [6, 6.07) is 15.8. The number of rotatable bonds is 5. The lowest BCUT2D eigenvalue weighted by atomic mass is 10.0. The van der Waals surface area contributed by atoms with Crippen molar-refractivity contribution in [3.63, 3.8) is 0 Å². The zero-order chi connectivity index (χ0) is 21.3. The van der Waals surface area contributed by atoms with Crippen molar-refractivity contribution in [3.05, 3.63) is 100 Å². The highest BCUT2D eigenvalue weighted by atomic mass is 35.5. The predicted octanol–water partition coefficient (Wildman–Crippen LogP) is 2.55. The zero-order valence-corrected chi connectivity index (χ0v) is 16.8. The average Bonchev–Trinajstić information content (AvgIpc) is 2.75. The highest BCUT2D eigenvalue weighted by Crippen LogP contribution is 2.23. The molecular weight excluding hydrogens is 400 g/mol. The first kappa shape index (κ1) is 19.7. The third-order valence-electron chi connectivity index (χ3n) is 4.96. The maximum Gasteiger partial charge on any atom is 0.349 e. The first-order chi connectivity index (χ1) is 14.5. The Labute approximate surface area is 178 Å². The number of nitrogens with two attached hydrogens (primary N) is 1. The van der Waals surface area contributed by atoms with Crippen LogP contribution in [0.3, 0.4) is 0 Å². The van der Waals surface area contributed by atoms with E-state index >= 15 is 0 Å². The fourth-order valence-electron chi connectivity index (χ4n) is 3.39. The van der Waals surface area contributed by atoms with E-state index in [0.29, 0.717) is 35.0 Å². The molecule has 0 aliphatic rings. The van der Waals surface area contributed by atoms with Gasteiger partial charge in [-0.3, -0.25) is 0 Å². The van der Waals surface area contributed by atoms with E-state index < -0.39 is 0 Å². The van der Waals surface area contributed by atoms with Crippen LogP contribution in [0.4, 0.5) is 0 Å². The van der Waals surface area contributed by atoms with Crippen molar-refractivity contribution in [1.82, 2.24) is 9.38 Å². The van der Waals surface area contributed by atoms with E-state index in [2.05, 4.69) is 11.6 Å². The van der Waals surface area contributed by atoms with Crippen molar-refractivity contribution < 1.29 is 9.67 Å². The van der Waals surface area contributed by atoms with Gasteiger partial charge in [0.15, 0.2) is 0 Å². The number of halogens is 1. The molecule has 30 heavy (non-hydrogen) atoms. The summed E-state index contributed by atoms with van der Waals surface area (Å²) in [6.07, 6.45) is 3.92. The molecule has 6 nitrogen and oxygen atoms in total. The van der Waals surface area contributed by atoms with Gasteiger partial charge in [0.2, 0.25) is 0 Å². The van der Waals surface area contributed by atoms with Gasteiger partial charge in [0, 0.05) is 24.4 Å². The first-order valence-corrected chi connectivity index (χ1v) is 9.73. The Morgan fingerprint density at radius 1 is 1.17 bits per heavy atom. The van der Waals surface area contributed by atoms with E-state index in [4.69, 9.17) is 17.3 Å². The lowest BCUT2D eigenvalue weighted by Gasteiger charge is -2.17. The molecule has 3 aromatic heterocycles. The monoisotopic (exact) mass is 418 g/mol. The topological polar surface area (TPSA) is 87.3 Å². The molecule has 0 aliphatic heterocycles. The van der Waals surface area contributed by atoms with E-state index in [1.807, 2.05) is 6.07 Å². The van der Waals surface area contributed by atoms with Crippen molar-refractivity contribution in [3.8, 4) is 17.0 Å². The van der Waals surface area contributed by atoms with Gasteiger partial charge in [0.1, 0.15) is 10.7 Å². The third kappa shape index (κ3) is 3.65. The Morgan fingerprint density at radius 2 is 1.93 bits per heavy atom. The number of pyridine rings is 2. The molecular formula is C23H19ClN4O2. The van der Waals surface area contributed by atoms with Crippen molar-refractivity contribution >= 4 is 22.9 Å². The van der Waals surface area contributed by atoms with Crippen LogP contribution in [0.1, 0.15) is 11.1 Å². The summed E-state index contributed by atoms with van der Waals surface area (Å²) >= 11 is 5.85. The number of aryl methyl sites for hydroxylation is 2. The van der Waals surface area contributed by atoms with Crippen LogP contribution in [0.25, 0.3) is 22.5 Å². The van der Waals surface area contributed by atoms with Crippen molar-refractivity contribution in [1.29, 1.82) is 0 Å². The van der Waals surface area contributed by atoms with Crippen molar-refractivity contribution in [2.75, 3.05) is 0 Å². The summed E-state index contributed by atoms with van der Waals surface area (Å²) in [7, 11) is 0. The van der Waals surface area contributed by atoms with Crippen LogP contribution in [0.15, 0.2) is 78.4 Å². The SMILES string of the molecule is C=C(N)c1ccc(-c2c([O-])[n+](CCc3ccc(Cl)nc3)c3ccccn3c2=O)cc1. The lowest BCUT2D eigenvalue weighted by molar-refractivity contribution is -0.715. The smallest absolute Gasteiger partial charge is 0.349 e. The Balaban J connectivity index is 1.84. The predicted molar refractivity (Wildman–Crippen MR) is 115 cm³/mol. The number of hydrogen-bond donors (Lipinski definition) is 1. The minimum Gasteiger partial charge on any atom is -0.842 e. The van der Waals surface area contributed by atoms with Gasteiger partial charge < -0.3 is 10.8 Å². The molecule has 0 saturated carbocycles. The second kappa shape index (κ2) is 8.00. The van der Waals surface area contributed by atoms with Crippen LogP contribution in [0, 0.1) is 0 Å². The summed E-state index contributed by atoms with van der Waals surface area (Å²) in [4.78, 5) is 17.2. The second-order valence-corrected chi connectivity index (χ2v) is 7.29. The van der Waals surface area contributed by atoms with Gasteiger partial charge in [0.05, 0.1) is 18.6 Å². The van der Waals surface area contributed by atoms with Gasteiger partial charge in [-0.05, 0) is 28.8 Å². The van der Waals surface area contributed by atoms with Crippen molar-refractivity contribution in [2.24, 2.45) is 5.73 Å². The zero-order valence-electron chi connectivity index (χ0n) is 16.1. The highest BCUT2D eigenvalue weighted by molar-refractivity contribution is 6.29. The molecule has 4 aromatic rings. The van der Waals surface area contributed by atoms with Crippen LogP contribution in [0.5, 0.6) is 5.88 Å². The Morgan fingerprint density at radius 3 is 2.60 bits per heavy atom. The molecule has 3 heterocycles. The molecule has 0 atom stereocenters. The minimum atomic E-state index is -0.362. The van der Waals surface area contributed by atoms with Gasteiger partial charge in [-0.1, -0.05) is 54.6 Å². The largest absolute Gasteiger partial charge is 0.842 e. The minimum absolute atomic E-state index is 0.113. The molecule has 4 rings (SSSR count). The van der Waals surface area contributed by atoms with Crippen LogP contribution >= 0.6 is 11.6 Å². The summed E-state index contributed by atoms with van der Waals surface area (Å²) in [5, 5.41) is 13.8. The summed E-state index contributed by atoms with van der Waals surface area (Å²) in [5.74, 6) is -0.340. The molecule has 7 heteroatoms. The molecule has 0 unspecified atom stereocenters. The number of nitrogens with zero attached hydrogens (tertiary/aromatic N) is 3. The van der Waals surface area contributed by atoms with Crippen LogP contribution in [-0.2, 0) is 13.0 Å². The molecule has 0 aliphatic carbocycles. The molecule has 0 bridgehead atoms. The number of benzene rings is 1. The number of aromatic nitrogens is 3. The van der Waals surface area contributed by atoms with Gasteiger partial charge >= 0.3 is 5.56 Å². The van der Waals surface area contributed by atoms with E-state index in [1.165, 1.54) is 4.40 Å².